The number of hydrogen-bond donors (Lipinski definition) is 2. The van der Waals surface area contributed by atoms with Gasteiger partial charge in [-0.2, -0.15) is 0 Å². The van der Waals surface area contributed by atoms with Gasteiger partial charge in [0, 0.05) is 12.1 Å². The minimum Gasteiger partial charge on any atom is -1.00 e. The summed E-state index contributed by atoms with van der Waals surface area (Å²) >= 11 is 12.3. The van der Waals surface area contributed by atoms with Gasteiger partial charge in [-0.1, -0.05) is 43.1 Å². The largest absolute Gasteiger partial charge is 1.00 e. The number of anilines is 1. The lowest BCUT2D eigenvalue weighted by Crippen LogP contribution is -3.00. The molecule has 0 aliphatic carbocycles. The quantitative estimate of drug-likeness (QED) is 0.418. The smallest absolute Gasteiger partial charge is 0.319 e. The number of carbonyl (C=O) groups is 1. The first-order valence-electron chi connectivity index (χ1n) is 12.7. The lowest BCUT2D eigenvalue weighted by Gasteiger charge is -2.43. The van der Waals surface area contributed by atoms with Crippen LogP contribution in [0.1, 0.15) is 32.3 Å². The van der Waals surface area contributed by atoms with Crippen molar-refractivity contribution < 1.29 is 35.9 Å². The monoisotopic (exact) mass is 587 g/mol. The molecule has 1 fully saturated rings. The van der Waals surface area contributed by atoms with Gasteiger partial charge in [0.15, 0.2) is 11.5 Å². The Hall–Kier alpha value is -2.06. The number of benzene rings is 2. The number of nitrogens with zero attached hydrogens (tertiary/aromatic N) is 1. The number of methoxy groups -OCH3 is 3. The number of quaternary nitrogens is 1. The van der Waals surface area contributed by atoms with Gasteiger partial charge in [0.25, 0.3) is 0 Å². The van der Waals surface area contributed by atoms with Crippen molar-refractivity contribution >= 4 is 34.9 Å². The van der Waals surface area contributed by atoms with Crippen LogP contribution in [0, 0.1) is 11.8 Å². The van der Waals surface area contributed by atoms with Crippen molar-refractivity contribution in [2.45, 2.75) is 39.2 Å². The van der Waals surface area contributed by atoms with E-state index in [1.54, 1.807) is 33.5 Å². The Bertz CT molecular complexity index is 1050. The molecule has 1 atom stereocenters. The Balaban J connectivity index is 0.00000507. The molecule has 2 aromatic carbocycles. The van der Waals surface area contributed by atoms with E-state index in [2.05, 4.69) is 37.6 Å². The molecule has 0 unspecified atom stereocenters. The molecular formula is C28H40Cl3N3O4. The zero-order valence-corrected chi connectivity index (χ0v) is 25.3. The number of halogens is 3. The molecule has 7 nitrogen and oxygen atoms in total. The zero-order chi connectivity index (χ0) is 27.2. The summed E-state index contributed by atoms with van der Waals surface area (Å²) in [4.78, 5) is 13.0. The first-order valence-corrected chi connectivity index (χ1v) is 13.5. The SMILES string of the molecule is COc1cc(NC(=O)N[C@@H](C[N+]2(C)CCC(Cc3ccc(Cl)c(Cl)c3)CC2)C(C)C)cc(OC)c1OC.[Cl-]. The van der Waals surface area contributed by atoms with Crippen LogP contribution in [-0.4, -0.2) is 64.6 Å². The van der Waals surface area contributed by atoms with Crippen LogP contribution in [0.3, 0.4) is 0 Å². The molecule has 10 heteroatoms. The van der Waals surface area contributed by atoms with Gasteiger partial charge in [0.2, 0.25) is 5.75 Å². The number of urea groups is 1. The fourth-order valence-electron chi connectivity index (χ4n) is 5.02. The lowest BCUT2D eigenvalue weighted by molar-refractivity contribution is -0.916. The molecule has 3 rings (SSSR count). The molecule has 1 aliphatic rings. The van der Waals surface area contributed by atoms with Gasteiger partial charge in [-0.05, 0) is 48.8 Å². The minimum atomic E-state index is -0.255. The molecule has 38 heavy (non-hydrogen) atoms. The Morgan fingerprint density at radius 3 is 2.11 bits per heavy atom. The van der Waals surface area contributed by atoms with Crippen LogP contribution in [-0.2, 0) is 6.42 Å². The highest BCUT2D eigenvalue weighted by Crippen LogP contribution is 2.40. The van der Waals surface area contributed by atoms with Crippen molar-refractivity contribution in [1.82, 2.24) is 5.32 Å². The first kappa shape index (κ1) is 32.2. The van der Waals surface area contributed by atoms with Crippen molar-refractivity contribution in [2.75, 3.05) is 53.3 Å². The van der Waals surface area contributed by atoms with E-state index in [1.165, 1.54) is 5.56 Å². The van der Waals surface area contributed by atoms with Gasteiger partial charge in [0.05, 0.1) is 69.8 Å². The van der Waals surface area contributed by atoms with E-state index in [1.807, 2.05) is 12.1 Å². The number of carbonyl (C=O) groups excluding carboxylic acids is 1. The molecule has 2 N–H and O–H groups in total. The Kier molecular flexibility index (Phi) is 12.2. The molecule has 0 spiro atoms. The highest BCUT2D eigenvalue weighted by molar-refractivity contribution is 6.42. The summed E-state index contributed by atoms with van der Waals surface area (Å²) in [7, 11) is 6.94. The van der Waals surface area contributed by atoms with Crippen LogP contribution in [0.25, 0.3) is 0 Å². The molecule has 0 radical (unpaired) electrons. The van der Waals surface area contributed by atoms with Crippen molar-refractivity contribution in [1.29, 1.82) is 0 Å². The third-order valence-corrected chi connectivity index (χ3v) is 8.08. The summed E-state index contributed by atoms with van der Waals surface area (Å²) in [6, 6.07) is 9.15. The van der Waals surface area contributed by atoms with Crippen LogP contribution in [0.2, 0.25) is 10.0 Å². The standard InChI is InChI=1S/C28H39Cl2N3O4.ClH/c1-18(2)24(32-28(34)31-21-15-25(35-4)27(37-6)26(16-21)36-5)17-33(3)11-9-19(10-12-33)13-20-7-8-22(29)23(30)14-20;/h7-8,14-16,18-19,24H,9-13,17H2,1-6H3,(H-,31,32,34);1H/t19?,24-,33?;/m0./s1. The number of hydrogen-bond acceptors (Lipinski definition) is 4. The van der Waals surface area contributed by atoms with Crippen LogP contribution in [0.15, 0.2) is 30.3 Å². The summed E-state index contributed by atoms with van der Waals surface area (Å²) < 4.78 is 17.1. The van der Waals surface area contributed by atoms with Gasteiger partial charge >= 0.3 is 6.03 Å². The Morgan fingerprint density at radius 1 is 1.00 bits per heavy atom. The Labute approximate surface area is 243 Å². The third-order valence-electron chi connectivity index (χ3n) is 7.34. The second kappa shape index (κ2) is 14.4. The second-order valence-electron chi connectivity index (χ2n) is 10.5. The molecule has 0 bridgehead atoms. The number of amides is 2. The fraction of sp³-hybridized carbons (Fsp3) is 0.536. The van der Waals surface area contributed by atoms with Gasteiger partial charge in [0.1, 0.15) is 0 Å². The average Bonchev–Trinajstić information content (AvgIpc) is 2.86. The van der Waals surface area contributed by atoms with E-state index in [9.17, 15) is 4.79 Å². The van der Waals surface area contributed by atoms with E-state index < -0.39 is 0 Å². The average molecular weight is 589 g/mol. The Morgan fingerprint density at radius 2 is 1.61 bits per heavy atom. The molecule has 0 saturated carbocycles. The van der Waals surface area contributed by atoms with Crippen molar-refractivity contribution in [2.24, 2.45) is 11.8 Å². The van der Waals surface area contributed by atoms with Crippen LogP contribution in [0.5, 0.6) is 17.2 Å². The van der Waals surface area contributed by atoms with E-state index in [0.29, 0.717) is 38.9 Å². The summed E-state index contributed by atoms with van der Waals surface area (Å²) in [5, 5.41) is 7.34. The number of likely N-dealkylation sites (tertiary alicyclic amines) is 1. The number of ether oxygens (including phenoxy) is 3. The minimum absolute atomic E-state index is 0. The van der Waals surface area contributed by atoms with E-state index >= 15 is 0 Å². The lowest BCUT2D eigenvalue weighted by atomic mass is 9.88. The number of nitrogens with one attached hydrogen (secondary N) is 2. The van der Waals surface area contributed by atoms with Crippen LogP contribution in [0.4, 0.5) is 10.5 Å². The molecule has 212 valence electrons. The van der Waals surface area contributed by atoms with Crippen molar-refractivity contribution in [3.8, 4) is 17.2 Å². The molecule has 0 aromatic heterocycles. The molecule has 2 aromatic rings. The molecule has 2 amide bonds. The number of rotatable bonds is 10. The van der Waals surface area contributed by atoms with Gasteiger partial charge in [-0.15, -0.1) is 0 Å². The van der Waals surface area contributed by atoms with E-state index in [-0.39, 0.29) is 30.4 Å². The van der Waals surface area contributed by atoms with Gasteiger partial charge in [-0.3, -0.25) is 0 Å². The molecular weight excluding hydrogens is 549 g/mol. The number of piperidine rings is 1. The molecule has 1 aliphatic heterocycles. The van der Waals surface area contributed by atoms with E-state index in [0.717, 1.165) is 43.4 Å². The zero-order valence-electron chi connectivity index (χ0n) is 23.1. The first-order chi connectivity index (χ1) is 17.6. The van der Waals surface area contributed by atoms with Crippen LogP contribution < -0.4 is 37.3 Å². The van der Waals surface area contributed by atoms with Crippen molar-refractivity contribution in [3.63, 3.8) is 0 Å². The maximum absolute atomic E-state index is 13.0. The highest BCUT2D eigenvalue weighted by atomic mass is 35.5. The predicted octanol–water partition coefficient (Wildman–Crippen LogP) is 3.27. The number of likely N-dealkylation sites (N-methyl/N-ethyl adjacent to an activating group) is 1. The van der Waals surface area contributed by atoms with E-state index in [4.69, 9.17) is 37.4 Å². The third kappa shape index (κ3) is 8.47. The summed E-state index contributed by atoms with van der Waals surface area (Å²) in [5.41, 5.74) is 1.80. The second-order valence-corrected chi connectivity index (χ2v) is 11.3. The molecule has 1 saturated heterocycles. The fourth-order valence-corrected chi connectivity index (χ4v) is 5.34. The maximum atomic E-state index is 13.0. The topological polar surface area (TPSA) is 68.8 Å². The van der Waals surface area contributed by atoms with Gasteiger partial charge in [-0.25, -0.2) is 4.79 Å². The highest BCUT2D eigenvalue weighted by Gasteiger charge is 2.34. The van der Waals surface area contributed by atoms with Crippen molar-refractivity contribution in [3.05, 3.63) is 45.9 Å². The summed E-state index contributed by atoms with van der Waals surface area (Å²) in [6.45, 7) is 7.32. The summed E-state index contributed by atoms with van der Waals surface area (Å²) in [5.74, 6) is 2.36. The summed E-state index contributed by atoms with van der Waals surface area (Å²) in [6.07, 6.45) is 3.29. The predicted molar refractivity (Wildman–Crippen MR) is 151 cm³/mol. The van der Waals surface area contributed by atoms with Gasteiger partial charge < -0.3 is 41.7 Å². The normalized spacial score (nSPS) is 19.8. The molecule has 1 heterocycles. The van der Waals surface area contributed by atoms with Crippen LogP contribution >= 0.6 is 23.2 Å². The maximum Gasteiger partial charge on any atom is 0.319 e.